The van der Waals surface area contributed by atoms with Crippen LogP contribution in [0.5, 0.6) is 0 Å². The average molecular weight is 255 g/mol. The van der Waals surface area contributed by atoms with E-state index >= 15 is 0 Å². The minimum atomic E-state index is -0.358. The molecule has 0 radical (unpaired) electrons. The van der Waals surface area contributed by atoms with Gasteiger partial charge in [-0.2, -0.15) is 0 Å². The van der Waals surface area contributed by atoms with Gasteiger partial charge in [-0.1, -0.05) is 29.8 Å². The topological polar surface area (TPSA) is 17.1 Å². The maximum absolute atomic E-state index is 13.3. The molecule has 16 heavy (non-hydrogen) atoms. The summed E-state index contributed by atoms with van der Waals surface area (Å²) < 4.78 is 13.3. The molecular weight excluding hydrogens is 247 g/mol. The predicted octanol–water partition coefficient (Wildman–Crippen LogP) is 3.97. The Labute approximate surface area is 101 Å². The van der Waals surface area contributed by atoms with Crippen molar-refractivity contribution >= 4 is 28.7 Å². The molecular formula is C12H8ClFOS. The molecule has 1 heterocycles. The van der Waals surface area contributed by atoms with Crippen LogP contribution >= 0.6 is 22.9 Å². The second kappa shape index (κ2) is 4.76. The lowest BCUT2D eigenvalue weighted by Gasteiger charge is -2.01. The molecule has 1 nitrogen and oxygen atoms in total. The van der Waals surface area contributed by atoms with Gasteiger partial charge in [0.05, 0.1) is 9.90 Å². The van der Waals surface area contributed by atoms with Gasteiger partial charge in [0.25, 0.3) is 0 Å². The third kappa shape index (κ3) is 2.31. The van der Waals surface area contributed by atoms with Gasteiger partial charge in [-0.05, 0) is 23.1 Å². The molecule has 0 aliphatic carbocycles. The Morgan fingerprint density at radius 1 is 1.31 bits per heavy atom. The maximum Gasteiger partial charge on any atom is 0.178 e. The zero-order valence-corrected chi connectivity index (χ0v) is 9.82. The van der Waals surface area contributed by atoms with Gasteiger partial charge in [-0.25, -0.2) is 4.39 Å². The van der Waals surface area contributed by atoms with Crippen LogP contribution in [0.3, 0.4) is 0 Å². The number of carbonyl (C=O) groups excluding carboxylic acids is 1. The molecule has 1 aromatic carbocycles. The largest absolute Gasteiger partial charge is 0.293 e. The lowest BCUT2D eigenvalue weighted by atomic mass is 10.1. The predicted molar refractivity (Wildman–Crippen MR) is 63.8 cm³/mol. The lowest BCUT2D eigenvalue weighted by molar-refractivity contribution is 0.0996. The van der Waals surface area contributed by atoms with E-state index in [9.17, 15) is 9.18 Å². The van der Waals surface area contributed by atoms with E-state index < -0.39 is 0 Å². The van der Waals surface area contributed by atoms with Gasteiger partial charge in [-0.3, -0.25) is 4.79 Å². The number of rotatable bonds is 3. The molecule has 1 aromatic heterocycles. The van der Waals surface area contributed by atoms with Crippen LogP contribution in [0.15, 0.2) is 35.7 Å². The second-order valence-electron chi connectivity index (χ2n) is 3.29. The quantitative estimate of drug-likeness (QED) is 0.758. The number of Topliss-reactive ketones (excluding diaryl/α,β-unsaturated/α-hetero) is 1. The molecule has 2 rings (SSSR count). The van der Waals surface area contributed by atoms with E-state index in [0.717, 1.165) is 0 Å². The van der Waals surface area contributed by atoms with E-state index in [4.69, 9.17) is 11.6 Å². The van der Waals surface area contributed by atoms with Crippen molar-refractivity contribution in [2.24, 2.45) is 0 Å². The molecule has 0 atom stereocenters. The van der Waals surface area contributed by atoms with Crippen LogP contribution in [0, 0.1) is 5.82 Å². The molecule has 0 saturated heterocycles. The molecule has 0 fully saturated rings. The summed E-state index contributed by atoms with van der Waals surface area (Å²) in [6.07, 6.45) is 0.0485. The Balaban J connectivity index is 2.21. The van der Waals surface area contributed by atoms with Crippen LogP contribution in [0.2, 0.25) is 5.02 Å². The van der Waals surface area contributed by atoms with E-state index in [2.05, 4.69) is 0 Å². The Bertz CT molecular complexity index is 521. The van der Waals surface area contributed by atoms with E-state index in [0.29, 0.717) is 15.5 Å². The van der Waals surface area contributed by atoms with E-state index in [-0.39, 0.29) is 18.0 Å². The summed E-state index contributed by atoms with van der Waals surface area (Å²) in [5.74, 6) is -0.506. The summed E-state index contributed by atoms with van der Waals surface area (Å²) in [6, 6.07) is 7.93. The fourth-order valence-corrected chi connectivity index (χ4v) is 2.49. The molecule has 0 saturated carbocycles. The molecule has 0 aliphatic rings. The second-order valence-corrected chi connectivity index (χ2v) is 4.61. The number of halogens is 2. The summed E-state index contributed by atoms with van der Waals surface area (Å²) in [7, 11) is 0. The van der Waals surface area contributed by atoms with Crippen LogP contribution < -0.4 is 0 Å². The molecule has 0 aliphatic heterocycles. The summed E-state index contributed by atoms with van der Waals surface area (Å²) in [5, 5.41) is 2.18. The highest BCUT2D eigenvalue weighted by atomic mass is 35.5. The highest BCUT2D eigenvalue weighted by Crippen LogP contribution is 2.24. The summed E-state index contributed by atoms with van der Waals surface area (Å²) >= 11 is 7.12. The third-order valence-corrected chi connectivity index (χ3v) is 3.56. The van der Waals surface area contributed by atoms with Crippen molar-refractivity contribution in [1.29, 1.82) is 0 Å². The molecule has 82 valence electrons. The Hall–Kier alpha value is -1.19. The third-order valence-electron chi connectivity index (χ3n) is 2.18. The Kier molecular flexibility index (Phi) is 3.36. The van der Waals surface area contributed by atoms with Gasteiger partial charge in [-0.15, -0.1) is 11.3 Å². The van der Waals surface area contributed by atoms with Crippen molar-refractivity contribution in [3.05, 3.63) is 57.0 Å². The maximum atomic E-state index is 13.3. The number of carbonyl (C=O) groups is 1. The SMILES string of the molecule is O=C(Cc1ccccc1F)c1sccc1Cl. The monoisotopic (exact) mass is 254 g/mol. The van der Waals surface area contributed by atoms with Crippen molar-refractivity contribution in [1.82, 2.24) is 0 Å². The zero-order valence-electron chi connectivity index (χ0n) is 8.24. The Morgan fingerprint density at radius 2 is 2.06 bits per heavy atom. The first-order valence-electron chi connectivity index (χ1n) is 4.68. The van der Waals surface area contributed by atoms with E-state index in [1.807, 2.05) is 0 Å². The fraction of sp³-hybridized carbons (Fsp3) is 0.0833. The van der Waals surface area contributed by atoms with Crippen molar-refractivity contribution in [3.8, 4) is 0 Å². The van der Waals surface area contributed by atoms with Crippen molar-refractivity contribution in [3.63, 3.8) is 0 Å². The van der Waals surface area contributed by atoms with Gasteiger partial charge >= 0.3 is 0 Å². The first-order valence-corrected chi connectivity index (χ1v) is 5.94. The molecule has 0 spiro atoms. The molecule has 2 aromatic rings. The van der Waals surface area contributed by atoms with Gasteiger partial charge in [0.1, 0.15) is 5.82 Å². The lowest BCUT2D eigenvalue weighted by Crippen LogP contribution is -2.03. The minimum absolute atomic E-state index is 0.0485. The fourth-order valence-electron chi connectivity index (χ4n) is 1.39. The molecule has 0 N–H and O–H groups in total. The van der Waals surface area contributed by atoms with Crippen LogP contribution in [-0.4, -0.2) is 5.78 Å². The normalized spacial score (nSPS) is 10.4. The molecule has 0 amide bonds. The highest BCUT2D eigenvalue weighted by molar-refractivity contribution is 7.12. The standard InChI is InChI=1S/C12H8ClFOS/c13-9-5-6-16-12(9)11(15)7-8-3-1-2-4-10(8)14/h1-6H,7H2. The molecule has 0 unspecified atom stereocenters. The van der Waals surface area contributed by atoms with Crippen LogP contribution in [0.1, 0.15) is 15.2 Å². The number of benzene rings is 1. The van der Waals surface area contributed by atoms with Gasteiger partial charge < -0.3 is 0 Å². The van der Waals surface area contributed by atoms with Crippen molar-refractivity contribution < 1.29 is 9.18 Å². The number of hydrogen-bond acceptors (Lipinski definition) is 2. The smallest absolute Gasteiger partial charge is 0.178 e. The van der Waals surface area contributed by atoms with E-state index in [1.165, 1.54) is 17.4 Å². The van der Waals surface area contributed by atoms with Gasteiger partial charge in [0.15, 0.2) is 5.78 Å². The van der Waals surface area contributed by atoms with Crippen molar-refractivity contribution in [2.45, 2.75) is 6.42 Å². The molecule has 0 bridgehead atoms. The minimum Gasteiger partial charge on any atom is -0.293 e. The summed E-state index contributed by atoms with van der Waals surface area (Å²) in [6.45, 7) is 0. The number of hydrogen-bond donors (Lipinski definition) is 0. The van der Waals surface area contributed by atoms with Gasteiger partial charge in [0.2, 0.25) is 0 Å². The first kappa shape index (κ1) is 11.3. The number of thiophene rings is 1. The van der Waals surface area contributed by atoms with Crippen molar-refractivity contribution in [2.75, 3.05) is 0 Å². The van der Waals surface area contributed by atoms with Gasteiger partial charge in [0, 0.05) is 6.42 Å². The van der Waals surface area contributed by atoms with Crippen LogP contribution in [0.25, 0.3) is 0 Å². The number of ketones is 1. The summed E-state index contributed by atoms with van der Waals surface area (Å²) in [4.78, 5) is 12.3. The average Bonchev–Trinajstić information content (AvgIpc) is 2.68. The van der Waals surface area contributed by atoms with E-state index in [1.54, 1.807) is 29.6 Å². The Morgan fingerprint density at radius 3 is 2.69 bits per heavy atom. The highest BCUT2D eigenvalue weighted by Gasteiger charge is 2.14. The first-order chi connectivity index (χ1) is 7.68. The zero-order chi connectivity index (χ0) is 11.5. The van der Waals surface area contributed by atoms with Crippen LogP contribution in [-0.2, 0) is 6.42 Å². The van der Waals surface area contributed by atoms with Crippen LogP contribution in [0.4, 0.5) is 4.39 Å². The molecule has 4 heteroatoms. The summed E-state index contributed by atoms with van der Waals surface area (Å²) in [5.41, 5.74) is 0.400.